The molecular formula is C20H16FN3O2S. The van der Waals surface area contributed by atoms with Crippen molar-refractivity contribution in [2.24, 2.45) is 0 Å². The number of hydrogen-bond acceptors (Lipinski definition) is 6. The van der Waals surface area contributed by atoms with Crippen LogP contribution in [0.4, 0.5) is 9.52 Å². The van der Waals surface area contributed by atoms with E-state index in [1.54, 1.807) is 30.6 Å². The van der Waals surface area contributed by atoms with Gasteiger partial charge in [-0.3, -0.25) is 0 Å². The molecule has 0 bridgehead atoms. The first-order valence-corrected chi connectivity index (χ1v) is 9.46. The minimum atomic E-state index is -0.259. The van der Waals surface area contributed by atoms with Crippen LogP contribution in [0, 0.1) is 5.82 Å². The Morgan fingerprint density at radius 3 is 2.85 bits per heavy atom. The van der Waals surface area contributed by atoms with Gasteiger partial charge in [-0.05, 0) is 48.9 Å². The van der Waals surface area contributed by atoms with Crippen molar-refractivity contribution in [3.05, 3.63) is 59.5 Å². The number of anilines is 1. The fraction of sp³-hybridized carbons (Fsp3) is 0.200. The molecule has 0 fully saturated rings. The van der Waals surface area contributed by atoms with Crippen LogP contribution in [-0.2, 0) is 13.0 Å². The molecule has 5 rings (SSSR count). The zero-order chi connectivity index (χ0) is 18.4. The van der Waals surface area contributed by atoms with Crippen LogP contribution >= 0.6 is 11.3 Å². The predicted molar refractivity (Wildman–Crippen MR) is 103 cm³/mol. The minimum Gasteiger partial charge on any atom is -0.497 e. The lowest BCUT2D eigenvalue weighted by Gasteiger charge is -2.25. The molecular weight excluding hydrogens is 365 g/mol. The maximum Gasteiger partial charge on any atom is 0.186 e. The van der Waals surface area contributed by atoms with Gasteiger partial charge in [0.2, 0.25) is 0 Å². The molecule has 0 saturated heterocycles. The summed E-state index contributed by atoms with van der Waals surface area (Å²) in [6.07, 6.45) is 0.810. The van der Waals surface area contributed by atoms with E-state index in [2.05, 4.69) is 10.1 Å². The van der Waals surface area contributed by atoms with Crippen molar-refractivity contribution in [2.45, 2.75) is 13.0 Å². The van der Waals surface area contributed by atoms with Crippen LogP contribution in [-0.4, -0.2) is 23.8 Å². The molecule has 2 aromatic heterocycles. The molecule has 0 radical (unpaired) electrons. The Morgan fingerprint density at radius 2 is 2.04 bits per heavy atom. The van der Waals surface area contributed by atoms with Gasteiger partial charge in [0, 0.05) is 17.7 Å². The number of hydrogen-bond donors (Lipinski definition) is 0. The van der Waals surface area contributed by atoms with Gasteiger partial charge in [0.1, 0.15) is 17.3 Å². The summed E-state index contributed by atoms with van der Waals surface area (Å²) in [6, 6.07) is 12.2. The standard InChI is InChI=1S/C20H16FN3O2S/c1-25-14-6-7-16-18(10-14)27-20(22-16)24-9-8-15-17(11-24)23-26-19(15)12-2-4-13(21)5-3-12/h2-7,10H,8-9,11H2,1H3. The van der Waals surface area contributed by atoms with Gasteiger partial charge in [0.15, 0.2) is 10.9 Å². The van der Waals surface area contributed by atoms with E-state index in [0.717, 1.165) is 56.6 Å². The van der Waals surface area contributed by atoms with E-state index < -0.39 is 0 Å². The number of aromatic nitrogens is 2. The molecule has 0 unspecified atom stereocenters. The Balaban J connectivity index is 1.44. The van der Waals surface area contributed by atoms with E-state index in [0.29, 0.717) is 6.54 Å². The molecule has 7 heteroatoms. The number of ether oxygens (including phenoxy) is 1. The molecule has 0 amide bonds. The van der Waals surface area contributed by atoms with Crippen molar-refractivity contribution < 1.29 is 13.7 Å². The highest BCUT2D eigenvalue weighted by Crippen LogP contribution is 2.36. The Hall–Kier alpha value is -2.93. The van der Waals surface area contributed by atoms with Crippen molar-refractivity contribution in [1.29, 1.82) is 0 Å². The first-order valence-electron chi connectivity index (χ1n) is 8.64. The summed E-state index contributed by atoms with van der Waals surface area (Å²) in [5.74, 6) is 1.31. The molecule has 5 nitrogen and oxygen atoms in total. The third-order valence-electron chi connectivity index (χ3n) is 4.80. The molecule has 0 saturated carbocycles. The average Bonchev–Trinajstić information content (AvgIpc) is 3.31. The molecule has 0 aliphatic carbocycles. The van der Waals surface area contributed by atoms with Gasteiger partial charge < -0.3 is 14.2 Å². The van der Waals surface area contributed by atoms with Gasteiger partial charge in [-0.1, -0.05) is 16.5 Å². The SMILES string of the molecule is COc1ccc2nc(N3CCc4c(noc4-c4ccc(F)cc4)C3)sc2c1. The van der Waals surface area contributed by atoms with Crippen LogP contribution in [0.1, 0.15) is 11.3 Å². The van der Waals surface area contributed by atoms with Crippen LogP contribution in [0.5, 0.6) is 5.75 Å². The van der Waals surface area contributed by atoms with Crippen LogP contribution in [0.25, 0.3) is 21.5 Å². The second-order valence-electron chi connectivity index (χ2n) is 6.45. The summed E-state index contributed by atoms with van der Waals surface area (Å²) in [5.41, 5.74) is 3.83. The Labute approximate surface area is 159 Å². The maximum atomic E-state index is 13.2. The molecule has 1 aliphatic heterocycles. The highest BCUT2D eigenvalue weighted by atomic mass is 32.1. The second kappa shape index (κ2) is 6.35. The largest absolute Gasteiger partial charge is 0.497 e. The molecule has 0 N–H and O–H groups in total. The van der Waals surface area contributed by atoms with Gasteiger partial charge in [-0.15, -0.1) is 0 Å². The van der Waals surface area contributed by atoms with Crippen LogP contribution in [0.15, 0.2) is 47.0 Å². The summed E-state index contributed by atoms with van der Waals surface area (Å²) < 4.78 is 25.2. The van der Waals surface area contributed by atoms with Crippen LogP contribution in [0.2, 0.25) is 0 Å². The summed E-state index contributed by atoms with van der Waals surface area (Å²) in [5, 5.41) is 5.23. The quantitative estimate of drug-likeness (QED) is 0.517. The van der Waals surface area contributed by atoms with Gasteiger partial charge in [0.05, 0.1) is 23.9 Å². The van der Waals surface area contributed by atoms with Gasteiger partial charge in [-0.25, -0.2) is 9.37 Å². The van der Waals surface area contributed by atoms with Crippen molar-refractivity contribution in [1.82, 2.24) is 10.1 Å². The molecule has 0 spiro atoms. The van der Waals surface area contributed by atoms with E-state index in [1.165, 1.54) is 12.1 Å². The van der Waals surface area contributed by atoms with Crippen LogP contribution < -0.4 is 9.64 Å². The third kappa shape index (κ3) is 2.84. The fourth-order valence-corrected chi connectivity index (χ4v) is 4.40. The Morgan fingerprint density at radius 1 is 1.19 bits per heavy atom. The normalized spacial score (nSPS) is 13.8. The summed E-state index contributed by atoms with van der Waals surface area (Å²) in [7, 11) is 1.67. The van der Waals surface area contributed by atoms with Gasteiger partial charge in [0.25, 0.3) is 0 Å². The van der Waals surface area contributed by atoms with Crippen molar-refractivity contribution >= 4 is 26.7 Å². The van der Waals surface area contributed by atoms with E-state index >= 15 is 0 Å². The number of halogens is 1. The first-order chi connectivity index (χ1) is 13.2. The summed E-state index contributed by atoms with van der Waals surface area (Å²) in [6.45, 7) is 1.48. The molecule has 4 aromatic rings. The lowest BCUT2D eigenvalue weighted by atomic mass is 10.0. The third-order valence-corrected chi connectivity index (χ3v) is 5.88. The zero-order valence-electron chi connectivity index (χ0n) is 14.6. The lowest BCUT2D eigenvalue weighted by molar-refractivity contribution is 0.415. The number of fused-ring (bicyclic) bond motifs is 2. The minimum absolute atomic E-state index is 0.259. The fourth-order valence-electron chi connectivity index (χ4n) is 3.38. The van der Waals surface area contributed by atoms with E-state index in [-0.39, 0.29) is 5.82 Å². The highest BCUT2D eigenvalue weighted by Gasteiger charge is 2.26. The van der Waals surface area contributed by atoms with Crippen molar-refractivity contribution in [3.63, 3.8) is 0 Å². The monoisotopic (exact) mass is 381 g/mol. The Bertz CT molecular complexity index is 1120. The number of benzene rings is 2. The molecule has 27 heavy (non-hydrogen) atoms. The predicted octanol–water partition coefficient (Wildman–Crippen LogP) is 4.66. The van der Waals surface area contributed by atoms with Crippen molar-refractivity contribution in [3.8, 4) is 17.1 Å². The van der Waals surface area contributed by atoms with Gasteiger partial charge >= 0.3 is 0 Å². The number of methoxy groups -OCH3 is 1. The number of thiazole rings is 1. The van der Waals surface area contributed by atoms with E-state index in [4.69, 9.17) is 14.2 Å². The molecule has 1 aliphatic rings. The zero-order valence-corrected chi connectivity index (χ0v) is 15.4. The second-order valence-corrected chi connectivity index (χ2v) is 7.45. The molecule has 3 heterocycles. The molecule has 0 atom stereocenters. The highest BCUT2D eigenvalue weighted by molar-refractivity contribution is 7.22. The van der Waals surface area contributed by atoms with Gasteiger partial charge in [-0.2, -0.15) is 0 Å². The van der Waals surface area contributed by atoms with Crippen LogP contribution in [0.3, 0.4) is 0 Å². The van der Waals surface area contributed by atoms with E-state index in [1.807, 2.05) is 18.2 Å². The topological polar surface area (TPSA) is 51.4 Å². The summed E-state index contributed by atoms with van der Waals surface area (Å²) >= 11 is 1.65. The van der Waals surface area contributed by atoms with E-state index in [9.17, 15) is 4.39 Å². The molecule has 136 valence electrons. The smallest absolute Gasteiger partial charge is 0.186 e. The maximum absolute atomic E-state index is 13.2. The first kappa shape index (κ1) is 16.3. The number of rotatable bonds is 3. The van der Waals surface area contributed by atoms with Crippen molar-refractivity contribution in [2.75, 3.05) is 18.6 Å². The lowest BCUT2D eigenvalue weighted by Crippen LogP contribution is -2.30. The summed E-state index contributed by atoms with van der Waals surface area (Å²) in [4.78, 5) is 6.97. The average molecular weight is 381 g/mol. The number of nitrogens with zero attached hydrogens (tertiary/aromatic N) is 3. The molecule has 2 aromatic carbocycles. The Kier molecular flexibility index (Phi) is 3.82.